The highest BCUT2D eigenvalue weighted by Crippen LogP contribution is 2.16. The van der Waals surface area contributed by atoms with Crippen LogP contribution in [0.2, 0.25) is 0 Å². The van der Waals surface area contributed by atoms with Gasteiger partial charge in [-0.05, 0) is 89.9 Å². The van der Waals surface area contributed by atoms with Crippen molar-refractivity contribution < 1.29 is 24.5 Å². The molecule has 0 aromatic heterocycles. The Bertz CT molecular complexity index is 1020. The highest BCUT2D eigenvalue weighted by molar-refractivity contribution is 5.76. The molecule has 2 unspecified atom stereocenters. The van der Waals surface area contributed by atoms with Gasteiger partial charge in [-0.2, -0.15) is 0 Å². The molecule has 0 aliphatic rings. The van der Waals surface area contributed by atoms with E-state index >= 15 is 0 Å². The number of allylic oxidation sites excluding steroid dienone is 6. The lowest BCUT2D eigenvalue weighted by Crippen LogP contribution is -2.45. The fraction of sp³-hybridized carbons (Fsp3) is 0.860. The Hall–Kier alpha value is -1.92. The second-order valence-corrected chi connectivity index (χ2v) is 18.9. The molecule has 0 spiro atoms. The number of carbonyl (C=O) groups is 2. The summed E-state index contributed by atoms with van der Waals surface area (Å²) >= 11 is 0. The van der Waals surface area contributed by atoms with E-state index in [1.54, 1.807) is 0 Å². The van der Waals surface area contributed by atoms with Crippen LogP contribution in [-0.4, -0.2) is 47.4 Å². The van der Waals surface area contributed by atoms with Crippen LogP contribution in [0.25, 0.3) is 0 Å². The molecule has 0 radical (unpaired) electrons. The zero-order valence-corrected chi connectivity index (χ0v) is 42.1. The van der Waals surface area contributed by atoms with E-state index in [0.717, 1.165) is 83.5 Å². The van der Waals surface area contributed by atoms with Gasteiger partial charge < -0.3 is 20.3 Å². The van der Waals surface area contributed by atoms with Crippen LogP contribution in [0.5, 0.6) is 0 Å². The maximum atomic E-state index is 12.5. The zero-order chi connectivity index (χ0) is 45.8. The Morgan fingerprint density at radius 1 is 0.444 bits per heavy atom. The molecular weight excluding hydrogens is 779 g/mol. The van der Waals surface area contributed by atoms with E-state index in [1.165, 1.54) is 173 Å². The molecule has 0 rings (SSSR count). The molecule has 370 valence electrons. The monoisotopic (exact) mass is 886 g/mol. The summed E-state index contributed by atoms with van der Waals surface area (Å²) in [5, 5.41) is 23.3. The molecule has 0 heterocycles. The van der Waals surface area contributed by atoms with E-state index in [9.17, 15) is 19.8 Å². The molecule has 63 heavy (non-hydrogen) atoms. The standard InChI is InChI=1S/C57H107NO5/c1-3-5-7-9-11-13-15-17-18-20-23-26-29-33-37-41-45-49-55(60)54(53-59)58-56(61)50-46-42-38-34-30-27-24-21-19-22-25-28-32-36-40-44-48-52-63-57(62)51-47-43-39-35-31-16-14-12-10-8-6-4-2/h12,14,19,22,28,32,54-55,59-60H,3-11,13,15-18,20-21,23-27,29-31,33-53H2,1-2H3,(H,58,61)/b14-12-,22-19-,32-28-. The fourth-order valence-corrected chi connectivity index (χ4v) is 8.37. The van der Waals surface area contributed by atoms with Crippen LogP contribution in [0.3, 0.4) is 0 Å². The van der Waals surface area contributed by atoms with Crippen molar-refractivity contribution in [2.45, 2.75) is 302 Å². The number of unbranched alkanes of at least 4 members (excludes halogenated alkanes) is 34. The van der Waals surface area contributed by atoms with Gasteiger partial charge in [-0.15, -0.1) is 0 Å². The summed E-state index contributed by atoms with van der Waals surface area (Å²) in [4.78, 5) is 24.5. The number of aliphatic hydroxyl groups is 2. The van der Waals surface area contributed by atoms with Crippen molar-refractivity contribution in [3.63, 3.8) is 0 Å². The quantitative estimate of drug-likeness (QED) is 0.0321. The lowest BCUT2D eigenvalue weighted by molar-refractivity contribution is -0.143. The van der Waals surface area contributed by atoms with Gasteiger partial charge in [0.25, 0.3) is 0 Å². The first kappa shape index (κ1) is 61.1. The second-order valence-electron chi connectivity index (χ2n) is 18.9. The minimum atomic E-state index is -0.675. The molecule has 0 bridgehead atoms. The van der Waals surface area contributed by atoms with Crippen LogP contribution < -0.4 is 5.32 Å². The summed E-state index contributed by atoms with van der Waals surface area (Å²) in [7, 11) is 0. The molecule has 0 saturated carbocycles. The number of nitrogens with one attached hydrogen (secondary N) is 1. The van der Waals surface area contributed by atoms with E-state index in [-0.39, 0.29) is 18.5 Å². The minimum Gasteiger partial charge on any atom is -0.466 e. The number of ether oxygens (including phenoxy) is 1. The predicted octanol–water partition coefficient (Wildman–Crippen LogP) is 16.9. The number of rotatable bonds is 51. The first-order chi connectivity index (χ1) is 31.0. The summed E-state index contributed by atoms with van der Waals surface area (Å²) in [6.45, 7) is 4.88. The minimum absolute atomic E-state index is 0.0257. The summed E-state index contributed by atoms with van der Waals surface area (Å²) in [6, 6.07) is -0.554. The van der Waals surface area contributed by atoms with Crippen molar-refractivity contribution in [2.75, 3.05) is 13.2 Å². The maximum absolute atomic E-state index is 12.5. The van der Waals surface area contributed by atoms with Crippen LogP contribution in [0.1, 0.15) is 290 Å². The van der Waals surface area contributed by atoms with E-state index in [1.807, 2.05) is 0 Å². The molecule has 0 aliphatic carbocycles. The van der Waals surface area contributed by atoms with Crippen LogP contribution in [0.15, 0.2) is 36.5 Å². The predicted molar refractivity (Wildman–Crippen MR) is 273 cm³/mol. The lowest BCUT2D eigenvalue weighted by atomic mass is 10.0. The van der Waals surface area contributed by atoms with Gasteiger partial charge in [-0.1, -0.05) is 224 Å². The van der Waals surface area contributed by atoms with Crippen LogP contribution >= 0.6 is 0 Å². The Morgan fingerprint density at radius 3 is 1.25 bits per heavy atom. The molecule has 0 fully saturated rings. The number of esters is 1. The molecule has 0 aliphatic heterocycles. The SMILES string of the molecule is CCCCC/C=C\CCCCCCCC(=O)OCCCCC/C=C\C/C=C\CCCCCCCCCC(=O)NC(CO)C(O)CCCCCCCCCCCCCCCCCCC. The average molecular weight is 886 g/mol. The molecule has 2 atom stereocenters. The van der Waals surface area contributed by atoms with Gasteiger partial charge in [0.2, 0.25) is 5.91 Å². The number of hydrogen-bond acceptors (Lipinski definition) is 5. The second kappa shape index (κ2) is 52.7. The molecule has 3 N–H and O–H groups in total. The van der Waals surface area contributed by atoms with E-state index in [2.05, 4.69) is 55.6 Å². The highest BCUT2D eigenvalue weighted by Gasteiger charge is 2.20. The van der Waals surface area contributed by atoms with Gasteiger partial charge >= 0.3 is 5.97 Å². The van der Waals surface area contributed by atoms with Crippen LogP contribution in [0.4, 0.5) is 0 Å². The van der Waals surface area contributed by atoms with E-state index in [4.69, 9.17) is 4.74 Å². The summed E-state index contributed by atoms with van der Waals surface area (Å²) in [5.41, 5.74) is 0. The smallest absolute Gasteiger partial charge is 0.305 e. The molecule has 1 amide bonds. The third-order valence-electron chi connectivity index (χ3n) is 12.7. The van der Waals surface area contributed by atoms with Crippen molar-refractivity contribution in [3.05, 3.63) is 36.5 Å². The number of hydrogen-bond donors (Lipinski definition) is 3. The Morgan fingerprint density at radius 2 is 0.794 bits per heavy atom. The Balaban J connectivity index is 3.51. The van der Waals surface area contributed by atoms with Gasteiger partial charge in [0.1, 0.15) is 0 Å². The van der Waals surface area contributed by atoms with Gasteiger partial charge in [-0.25, -0.2) is 0 Å². The fourth-order valence-electron chi connectivity index (χ4n) is 8.37. The largest absolute Gasteiger partial charge is 0.466 e. The van der Waals surface area contributed by atoms with Gasteiger partial charge in [-0.3, -0.25) is 9.59 Å². The zero-order valence-electron chi connectivity index (χ0n) is 42.1. The maximum Gasteiger partial charge on any atom is 0.305 e. The van der Waals surface area contributed by atoms with Gasteiger partial charge in [0.15, 0.2) is 0 Å². The lowest BCUT2D eigenvalue weighted by Gasteiger charge is -2.22. The topological polar surface area (TPSA) is 95.9 Å². The number of amides is 1. The number of aliphatic hydroxyl groups excluding tert-OH is 2. The summed E-state index contributed by atoms with van der Waals surface area (Å²) in [6.07, 6.45) is 64.1. The van der Waals surface area contributed by atoms with E-state index < -0.39 is 12.1 Å². The van der Waals surface area contributed by atoms with Crippen molar-refractivity contribution in [1.29, 1.82) is 0 Å². The van der Waals surface area contributed by atoms with Gasteiger partial charge in [0, 0.05) is 12.8 Å². The van der Waals surface area contributed by atoms with Crippen molar-refractivity contribution in [3.8, 4) is 0 Å². The van der Waals surface area contributed by atoms with Crippen molar-refractivity contribution in [2.24, 2.45) is 0 Å². The number of carbonyl (C=O) groups excluding carboxylic acids is 2. The van der Waals surface area contributed by atoms with Gasteiger partial charge in [0.05, 0.1) is 25.4 Å². The molecule has 0 saturated heterocycles. The highest BCUT2D eigenvalue weighted by atomic mass is 16.5. The first-order valence-electron chi connectivity index (χ1n) is 27.7. The van der Waals surface area contributed by atoms with Crippen molar-refractivity contribution in [1.82, 2.24) is 5.32 Å². The van der Waals surface area contributed by atoms with Crippen LogP contribution in [-0.2, 0) is 14.3 Å². The third-order valence-corrected chi connectivity index (χ3v) is 12.7. The van der Waals surface area contributed by atoms with E-state index in [0.29, 0.717) is 25.9 Å². The van der Waals surface area contributed by atoms with Crippen LogP contribution in [0, 0.1) is 0 Å². The molecule has 6 nitrogen and oxygen atoms in total. The Kier molecular flexibility index (Phi) is 51.1. The first-order valence-corrected chi connectivity index (χ1v) is 27.7. The third kappa shape index (κ3) is 49.4. The van der Waals surface area contributed by atoms with Crippen molar-refractivity contribution >= 4 is 11.9 Å². The Labute approximate surface area is 392 Å². The molecule has 6 heteroatoms. The summed E-state index contributed by atoms with van der Waals surface area (Å²) in [5.74, 6) is -0.0761. The molecule has 0 aromatic carbocycles. The molecular formula is C57H107NO5. The summed E-state index contributed by atoms with van der Waals surface area (Å²) < 4.78 is 5.43. The normalized spacial score (nSPS) is 12.9. The average Bonchev–Trinajstić information content (AvgIpc) is 3.28. The molecule has 0 aromatic rings.